The second-order valence-corrected chi connectivity index (χ2v) is 4.87. The van der Waals surface area contributed by atoms with Gasteiger partial charge in [-0.1, -0.05) is 32.0 Å². The molecule has 0 fully saturated rings. The minimum atomic E-state index is 0.163. The molecule has 1 nitrogen and oxygen atoms in total. The number of aryl methyl sites for hydroxylation is 1. The Bertz CT molecular complexity index is 318. The fraction of sp³-hybridized carbons (Fsp3) is 0.417. The number of halogens is 1. The van der Waals surface area contributed by atoms with Crippen LogP contribution < -0.4 is 0 Å². The SMILES string of the molecule is CC(C)C(=O)CCc1ccccc1I. The highest BCUT2D eigenvalue weighted by atomic mass is 127. The summed E-state index contributed by atoms with van der Waals surface area (Å²) in [6.45, 7) is 3.91. The highest BCUT2D eigenvalue weighted by molar-refractivity contribution is 14.1. The number of hydrogen-bond donors (Lipinski definition) is 0. The lowest BCUT2D eigenvalue weighted by Gasteiger charge is -2.05. The monoisotopic (exact) mass is 302 g/mol. The number of Topliss-reactive ketones (excluding diaryl/α,β-unsaturated/α-hetero) is 1. The standard InChI is InChI=1S/C12H15IO/c1-9(2)12(14)8-7-10-5-3-4-6-11(10)13/h3-6,9H,7-8H2,1-2H3. The Morgan fingerprint density at radius 2 is 2.00 bits per heavy atom. The van der Waals surface area contributed by atoms with Crippen molar-refractivity contribution in [3.63, 3.8) is 0 Å². The maximum absolute atomic E-state index is 11.4. The maximum atomic E-state index is 11.4. The molecule has 0 aliphatic rings. The molecule has 0 aliphatic heterocycles. The van der Waals surface area contributed by atoms with Gasteiger partial charge in [-0.2, -0.15) is 0 Å². The van der Waals surface area contributed by atoms with Crippen LogP contribution in [0.15, 0.2) is 24.3 Å². The van der Waals surface area contributed by atoms with Crippen LogP contribution in [0.5, 0.6) is 0 Å². The van der Waals surface area contributed by atoms with Crippen LogP contribution in [-0.2, 0) is 11.2 Å². The number of carbonyl (C=O) groups excluding carboxylic acids is 1. The molecule has 0 bridgehead atoms. The van der Waals surface area contributed by atoms with Crippen LogP contribution in [0, 0.1) is 9.49 Å². The number of ketones is 1. The van der Waals surface area contributed by atoms with Gasteiger partial charge in [-0.15, -0.1) is 0 Å². The molecule has 0 atom stereocenters. The molecule has 1 rings (SSSR count). The van der Waals surface area contributed by atoms with E-state index in [2.05, 4.69) is 34.7 Å². The van der Waals surface area contributed by atoms with Gasteiger partial charge in [0.05, 0.1) is 0 Å². The average Bonchev–Trinajstić information content (AvgIpc) is 2.16. The van der Waals surface area contributed by atoms with Gasteiger partial charge in [-0.3, -0.25) is 4.79 Å². The highest BCUT2D eigenvalue weighted by Crippen LogP contribution is 2.14. The summed E-state index contributed by atoms with van der Waals surface area (Å²) in [4.78, 5) is 11.4. The molecule has 2 heteroatoms. The van der Waals surface area contributed by atoms with E-state index < -0.39 is 0 Å². The van der Waals surface area contributed by atoms with Crippen LogP contribution in [0.25, 0.3) is 0 Å². The summed E-state index contributed by atoms with van der Waals surface area (Å²) in [7, 11) is 0. The fourth-order valence-electron chi connectivity index (χ4n) is 1.25. The molecule has 0 radical (unpaired) electrons. The predicted molar refractivity (Wildman–Crippen MR) is 67.3 cm³/mol. The van der Waals surface area contributed by atoms with E-state index in [1.807, 2.05) is 26.0 Å². The lowest BCUT2D eigenvalue weighted by atomic mass is 10.0. The van der Waals surface area contributed by atoms with Gasteiger partial charge in [0.15, 0.2) is 0 Å². The van der Waals surface area contributed by atoms with Gasteiger partial charge in [-0.25, -0.2) is 0 Å². The number of rotatable bonds is 4. The Labute approximate surface area is 99.0 Å². The van der Waals surface area contributed by atoms with Crippen LogP contribution in [0.2, 0.25) is 0 Å². The summed E-state index contributed by atoms with van der Waals surface area (Å²) >= 11 is 2.31. The van der Waals surface area contributed by atoms with Crippen LogP contribution in [0.3, 0.4) is 0 Å². The molecule has 0 spiro atoms. The van der Waals surface area contributed by atoms with Crippen molar-refractivity contribution < 1.29 is 4.79 Å². The van der Waals surface area contributed by atoms with Gasteiger partial charge in [0.2, 0.25) is 0 Å². The van der Waals surface area contributed by atoms with Crippen molar-refractivity contribution in [1.29, 1.82) is 0 Å². The number of carbonyl (C=O) groups is 1. The molecule has 0 saturated heterocycles. The first-order chi connectivity index (χ1) is 6.61. The zero-order valence-corrected chi connectivity index (χ0v) is 10.7. The van der Waals surface area contributed by atoms with E-state index in [0.29, 0.717) is 12.2 Å². The normalized spacial score (nSPS) is 10.6. The molecule has 14 heavy (non-hydrogen) atoms. The smallest absolute Gasteiger partial charge is 0.135 e. The van der Waals surface area contributed by atoms with E-state index in [9.17, 15) is 4.79 Å². The molecule has 1 aromatic rings. The first-order valence-electron chi connectivity index (χ1n) is 4.87. The van der Waals surface area contributed by atoms with Gasteiger partial charge in [0, 0.05) is 15.9 Å². The molecular formula is C12H15IO. The van der Waals surface area contributed by atoms with Gasteiger partial charge < -0.3 is 0 Å². The second kappa shape index (κ2) is 5.49. The molecule has 0 heterocycles. The Kier molecular flexibility index (Phi) is 4.58. The largest absolute Gasteiger partial charge is 0.299 e. The molecular weight excluding hydrogens is 287 g/mol. The molecule has 0 saturated carbocycles. The van der Waals surface area contributed by atoms with Gasteiger partial charge >= 0.3 is 0 Å². The van der Waals surface area contributed by atoms with Crippen molar-refractivity contribution in [3.05, 3.63) is 33.4 Å². The van der Waals surface area contributed by atoms with Crippen molar-refractivity contribution in [2.45, 2.75) is 26.7 Å². The zero-order chi connectivity index (χ0) is 10.6. The molecule has 0 aliphatic carbocycles. The van der Waals surface area contributed by atoms with Crippen molar-refractivity contribution >= 4 is 28.4 Å². The average molecular weight is 302 g/mol. The van der Waals surface area contributed by atoms with Crippen molar-refractivity contribution in [2.24, 2.45) is 5.92 Å². The topological polar surface area (TPSA) is 17.1 Å². The van der Waals surface area contributed by atoms with Gasteiger partial charge in [0.25, 0.3) is 0 Å². The van der Waals surface area contributed by atoms with Crippen LogP contribution in [-0.4, -0.2) is 5.78 Å². The number of hydrogen-bond acceptors (Lipinski definition) is 1. The van der Waals surface area contributed by atoms with Gasteiger partial charge in [-0.05, 0) is 40.6 Å². The molecule has 0 N–H and O–H groups in total. The molecule has 76 valence electrons. The third-order valence-electron chi connectivity index (χ3n) is 2.24. The lowest BCUT2D eigenvalue weighted by molar-refractivity contribution is -0.121. The Balaban J connectivity index is 2.54. The lowest BCUT2D eigenvalue weighted by Crippen LogP contribution is -2.08. The van der Waals surface area contributed by atoms with Crippen LogP contribution >= 0.6 is 22.6 Å². The third-order valence-corrected chi connectivity index (χ3v) is 3.29. The zero-order valence-electron chi connectivity index (χ0n) is 8.59. The fourth-order valence-corrected chi connectivity index (χ4v) is 1.90. The minimum Gasteiger partial charge on any atom is -0.299 e. The summed E-state index contributed by atoms with van der Waals surface area (Å²) in [5, 5.41) is 0. The number of benzene rings is 1. The predicted octanol–water partition coefficient (Wildman–Crippen LogP) is 3.45. The van der Waals surface area contributed by atoms with E-state index in [1.165, 1.54) is 9.13 Å². The van der Waals surface area contributed by atoms with Crippen LogP contribution in [0.4, 0.5) is 0 Å². The van der Waals surface area contributed by atoms with Gasteiger partial charge in [0.1, 0.15) is 5.78 Å². The summed E-state index contributed by atoms with van der Waals surface area (Å²) in [6.07, 6.45) is 1.54. The Morgan fingerprint density at radius 3 is 2.57 bits per heavy atom. The Morgan fingerprint density at radius 1 is 1.36 bits per heavy atom. The summed E-state index contributed by atoms with van der Waals surface area (Å²) in [6, 6.07) is 8.22. The third kappa shape index (κ3) is 3.40. The van der Waals surface area contributed by atoms with Crippen molar-refractivity contribution in [3.8, 4) is 0 Å². The van der Waals surface area contributed by atoms with E-state index >= 15 is 0 Å². The summed E-state index contributed by atoms with van der Waals surface area (Å²) in [5.41, 5.74) is 1.28. The van der Waals surface area contributed by atoms with Crippen molar-refractivity contribution in [2.75, 3.05) is 0 Å². The summed E-state index contributed by atoms with van der Waals surface area (Å²) < 4.78 is 1.25. The highest BCUT2D eigenvalue weighted by Gasteiger charge is 2.07. The summed E-state index contributed by atoms with van der Waals surface area (Å²) in [5.74, 6) is 0.515. The van der Waals surface area contributed by atoms with Crippen molar-refractivity contribution in [1.82, 2.24) is 0 Å². The van der Waals surface area contributed by atoms with E-state index in [4.69, 9.17) is 0 Å². The van der Waals surface area contributed by atoms with Crippen LogP contribution in [0.1, 0.15) is 25.8 Å². The second-order valence-electron chi connectivity index (χ2n) is 3.71. The Hall–Kier alpha value is -0.380. The molecule has 1 aromatic carbocycles. The van der Waals surface area contributed by atoms with E-state index in [0.717, 1.165) is 6.42 Å². The molecule has 0 amide bonds. The quantitative estimate of drug-likeness (QED) is 0.779. The van der Waals surface area contributed by atoms with E-state index in [1.54, 1.807) is 0 Å². The maximum Gasteiger partial charge on any atom is 0.135 e. The first-order valence-corrected chi connectivity index (χ1v) is 5.95. The minimum absolute atomic E-state index is 0.163. The van der Waals surface area contributed by atoms with E-state index in [-0.39, 0.29) is 5.92 Å². The molecule has 0 unspecified atom stereocenters. The molecule has 0 aromatic heterocycles. The first kappa shape index (κ1) is 11.7.